The van der Waals surface area contributed by atoms with Gasteiger partial charge in [-0.15, -0.1) is 0 Å². The van der Waals surface area contributed by atoms with Gasteiger partial charge in [0.05, 0.1) is 16.6 Å². The van der Waals surface area contributed by atoms with Gasteiger partial charge in [0.2, 0.25) is 0 Å². The van der Waals surface area contributed by atoms with E-state index in [9.17, 15) is 58.4 Å². The maximum absolute atomic E-state index is 13.2. The predicted molar refractivity (Wildman–Crippen MR) is 166 cm³/mol. The summed E-state index contributed by atoms with van der Waals surface area (Å²) in [5.74, 6) is -6.06. The van der Waals surface area contributed by atoms with Crippen molar-refractivity contribution in [2.45, 2.75) is 15.8 Å². The number of carboxylic acids is 1. The summed E-state index contributed by atoms with van der Waals surface area (Å²) >= 11 is 0. The van der Waals surface area contributed by atoms with E-state index in [2.05, 4.69) is 10.4 Å². The molecule has 19 nitrogen and oxygen atoms in total. The number of carboxylic acid groups (broad SMARTS) is 1. The summed E-state index contributed by atoms with van der Waals surface area (Å²) in [6, 6.07) is 6.48. The van der Waals surface area contributed by atoms with Crippen molar-refractivity contribution in [3.05, 3.63) is 77.4 Å². The lowest BCUT2D eigenvalue weighted by Gasteiger charge is -2.20. The Morgan fingerprint density at radius 2 is 1.59 bits per heavy atom. The zero-order valence-electron chi connectivity index (χ0n) is 24.1. The smallest absolute Gasteiger partial charge is 0.336 e. The zero-order chi connectivity index (χ0) is 36.2. The molecule has 1 aliphatic carbocycles. The van der Waals surface area contributed by atoms with Crippen LogP contribution in [0.5, 0.6) is 0 Å². The lowest BCUT2D eigenvalue weighted by atomic mass is 9.89. The van der Waals surface area contributed by atoms with E-state index in [4.69, 9.17) is 15.6 Å². The number of carbonyl (C=O) groups excluding carboxylic acids is 2. The molecular weight excluding hydrogens is 715 g/mol. The number of nitrogens with two attached hydrogens (primary N) is 1. The molecule has 8 N–H and O–H groups in total. The van der Waals surface area contributed by atoms with Crippen LogP contribution in [0.3, 0.4) is 0 Å². The summed E-state index contributed by atoms with van der Waals surface area (Å²) in [6.07, 6.45) is 2.32. The van der Waals surface area contributed by atoms with E-state index in [0.29, 0.717) is 4.68 Å². The van der Waals surface area contributed by atoms with Crippen LogP contribution in [-0.4, -0.2) is 83.4 Å². The van der Waals surface area contributed by atoms with Gasteiger partial charge < -0.3 is 20.6 Å². The van der Waals surface area contributed by atoms with Crippen LogP contribution in [0.25, 0.3) is 33.4 Å². The molecule has 22 heteroatoms. The normalized spacial score (nSPS) is 13.0. The number of anilines is 1. The van der Waals surface area contributed by atoms with Gasteiger partial charge in [-0.3, -0.25) is 28.7 Å². The van der Waals surface area contributed by atoms with Gasteiger partial charge in [0.25, 0.3) is 42.2 Å². The van der Waals surface area contributed by atoms with Gasteiger partial charge in [-0.25, -0.2) is 9.48 Å². The molecule has 3 aromatic rings. The van der Waals surface area contributed by atoms with E-state index in [0.717, 1.165) is 48.7 Å². The molecule has 0 spiro atoms. The molecule has 1 amide bonds. The van der Waals surface area contributed by atoms with Crippen LogP contribution in [0.2, 0.25) is 0 Å². The van der Waals surface area contributed by atoms with Crippen LogP contribution in [0.4, 0.5) is 5.69 Å². The van der Waals surface area contributed by atoms with E-state index in [1.54, 1.807) is 0 Å². The minimum absolute atomic E-state index is 0.258. The highest BCUT2D eigenvalue weighted by Gasteiger charge is 2.33. The monoisotopic (exact) mass is 735 g/mol. The first kappa shape index (κ1) is 34.8. The van der Waals surface area contributed by atoms with Crippen LogP contribution in [0.15, 0.2) is 75.1 Å². The van der Waals surface area contributed by atoms with Crippen molar-refractivity contribution in [2.24, 2.45) is 0 Å². The number of hydrogen-bond donors (Lipinski definition) is 7. The third-order valence-electron chi connectivity index (χ3n) is 7.01. The first-order valence-electron chi connectivity index (χ1n) is 13.2. The molecule has 0 bridgehead atoms. The van der Waals surface area contributed by atoms with Crippen LogP contribution in [-0.2, 0) is 30.4 Å². The van der Waals surface area contributed by atoms with Crippen molar-refractivity contribution in [3.8, 4) is 22.5 Å². The van der Waals surface area contributed by atoms with E-state index in [1.807, 2.05) is 0 Å². The number of benzene rings is 3. The van der Waals surface area contributed by atoms with Gasteiger partial charge in [-0.2, -0.15) is 30.4 Å². The maximum Gasteiger partial charge on any atom is 0.336 e. The lowest BCUT2D eigenvalue weighted by molar-refractivity contribution is 0.0697. The Kier molecular flexibility index (Phi) is 8.65. The molecule has 0 saturated carbocycles. The number of amides is 1. The number of nitrogens with zero attached hydrogens (tertiary/aromatic N) is 2. The Labute approximate surface area is 274 Å². The molecule has 0 saturated heterocycles. The average molecular weight is 736 g/mol. The van der Waals surface area contributed by atoms with Crippen LogP contribution in [0, 0.1) is 5.41 Å². The quantitative estimate of drug-likeness (QED) is 0.0630. The number of hydrogen-bond acceptors (Lipinski definition) is 13. The molecule has 0 radical (unpaired) electrons. The van der Waals surface area contributed by atoms with Crippen molar-refractivity contribution in [1.82, 2.24) is 15.1 Å². The second-order valence-corrected chi connectivity index (χ2v) is 14.4. The van der Waals surface area contributed by atoms with E-state index >= 15 is 0 Å². The summed E-state index contributed by atoms with van der Waals surface area (Å²) in [5, 5.41) is 23.0. The Morgan fingerprint density at radius 3 is 2.16 bits per heavy atom. The Balaban J connectivity index is 1.77. The molecule has 1 aliphatic heterocycles. The largest absolute Gasteiger partial charge is 0.478 e. The lowest BCUT2D eigenvalue weighted by Crippen LogP contribution is -2.47. The minimum atomic E-state index is -5.27. The van der Waals surface area contributed by atoms with Crippen LogP contribution in [0.1, 0.15) is 25.5 Å². The number of nitrogens with one attached hydrogen (secondary N) is 2. The fraction of sp³-hybridized carbons (Fsp3) is 0.0741. The summed E-state index contributed by atoms with van der Waals surface area (Å²) < 4.78 is 108. The summed E-state index contributed by atoms with van der Waals surface area (Å²) in [6.45, 7) is 0. The van der Waals surface area contributed by atoms with Crippen molar-refractivity contribution in [2.75, 3.05) is 11.5 Å². The van der Waals surface area contributed by atoms with Gasteiger partial charge in [-0.1, -0.05) is 6.07 Å². The molecule has 1 aromatic heterocycles. The fourth-order valence-corrected chi connectivity index (χ4v) is 7.19. The first-order valence-corrected chi connectivity index (χ1v) is 17.7. The molecule has 2 aromatic carbocycles. The van der Waals surface area contributed by atoms with E-state index in [1.165, 1.54) is 12.3 Å². The highest BCUT2D eigenvalue weighted by atomic mass is 32.2. The SMILES string of the molecule is N=c1ccc2c(-c3ccc(C(=O)NC(CS(=O)(=O)O)C(=O)n4cccn4)cc3C(=O)O)c3ccc(N)c(S(=O)(=O)O)c3oc-2c1S(=O)(=O)O. The van der Waals surface area contributed by atoms with Crippen LogP contribution < -0.4 is 16.4 Å². The Bertz CT molecular complexity index is 2580. The van der Waals surface area contributed by atoms with Crippen molar-refractivity contribution < 1.29 is 62.8 Å². The number of nitrogen functional groups attached to an aromatic ring is 1. The van der Waals surface area contributed by atoms with Gasteiger partial charge >= 0.3 is 5.97 Å². The number of aromatic carboxylic acids is 1. The van der Waals surface area contributed by atoms with Crippen molar-refractivity contribution >= 4 is 64.8 Å². The topological polar surface area (TPSA) is 327 Å². The van der Waals surface area contributed by atoms with Crippen molar-refractivity contribution in [1.29, 1.82) is 5.41 Å². The number of carbonyl (C=O) groups is 3. The average Bonchev–Trinajstić information content (AvgIpc) is 3.52. The molecule has 1 unspecified atom stereocenters. The van der Waals surface area contributed by atoms with Gasteiger partial charge in [0.15, 0.2) is 21.1 Å². The first-order chi connectivity index (χ1) is 22.7. The Hall–Kier alpha value is -5.52. The predicted octanol–water partition coefficient (Wildman–Crippen LogP) is 0.981. The summed E-state index contributed by atoms with van der Waals surface area (Å²) in [4.78, 5) is 36.5. The van der Waals surface area contributed by atoms with E-state index in [-0.39, 0.29) is 22.1 Å². The molecule has 1 atom stereocenters. The molecule has 49 heavy (non-hydrogen) atoms. The molecule has 256 valence electrons. The molecular formula is C27H21N5O14S3. The Morgan fingerprint density at radius 1 is 0.939 bits per heavy atom. The molecule has 5 rings (SSSR count). The second kappa shape index (κ2) is 12.2. The molecule has 0 fully saturated rings. The van der Waals surface area contributed by atoms with Crippen molar-refractivity contribution in [3.63, 3.8) is 0 Å². The van der Waals surface area contributed by atoms with Gasteiger partial charge in [-0.05, 0) is 48.0 Å². The minimum Gasteiger partial charge on any atom is -0.478 e. The van der Waals surface area contributed by atoms with Gasteiger partial charge in [0, 0.05) is 34.5 Å². The highest BCUT2D eigenvalue weighted by Crippen LogP contribution is 2.45. The number of rotatable bonds is 9. The molecule has 2 aliphatic rings. The number of fused-ring (bicyclic) bond motifs is 2. The standard InChI is InChI=1S/C27H21N5O14S3/c28-17-6-4-14-20(15-5-7-18(29)24(49(43,44)45)22(15)46-21(14)23(17)48(40,41)42)13-3-2-12(10-16(13)27(35)36)25(33)31-19(11-47(37,38)39)26(34)32-9-1-8-30-32/h1-10,19,28H,11,29H2,(H,31,33)(H,35,36)(H,37,38,39)(H,40,41,42)(H,43,44,45). The summed E-state index contributed by atoms with van der Waals surface area (Å²) in [7, 11) is -15.3. The van der Waals surface area contributed by atoms with Gasteiger partial charge in [0.1, 0.15) is 11.8 Å². The van der Waals surface area contributed by atoms with Crippen LogP contribution >= 0.6 is 0 Å². The fourth-order valence-electron chi connectivity index (χ4n) is 5.06. The zero-order valence-corrected chi connectivity index (χ0v) is 26.6. The molecule has 2 heterocycles. The third kappa shape index (κ3) is 6.76. The third-order valence-corrected chi connectivity index (χ3v) is 9.62. The highest BCUT2D eigenvalue weighted by molar-refractivity contribution is 7.86. The maximum atomic E-state index is 13.2. The summed E-state index contributed by atoms with van der Waals surface area (Å²) in [5.41, 5.74) is 2.41. The van der Waals surface area contributed by atoms with E-state index < -0.39 is 103 Å². The number of aromatic nitrogens is 2. The second-order valence-electron chi connectivity index (χ2n) is 10.2.